The molecular weight excluding hydrogens is 459 g/mol. The van der Waals surface area contributed by atoms with Crippen LogP contribution in [0, 0.1) is 0 Å². The summed E-state index contributed by atoms with van der Waals surface area (Å²) in [7, 11) is 0. The second kappa shape index (κ2) is 8.77. The smallest absolute Gasteiger partial charge is 0.264 e. The molecule has 134 valence electrons. The summed E-state index contributed by atoms with van der Waals surface area (Å²) in [5, 5.41) is 13.8. The van der Waals surface area contributed by atoms with Crippen molar-refractivity contribution in [2.45, 2.75) is 10.9 Å². The number of anilines is 1. The summed E-state index contributed by atoms with van der Waals surface area (Å²) in [6, 6.07) is 13.2. The Labute approximate surface area is 172 Å². The van der Waals surface area contributed by atoms with Crippen LogP contribution in [-0.2, 0) is 5.75 Å². The van der Waals surface area contributed by atoms with Crippen LogP contribution in [0.3, 0.4) is 0 Å². The van der Waals surface area contributed by atoms with Gasteiger partial charge in [0.05, 0.1) is 11.2 Å². The van der Waals surface area contributed by atoms with Crippen molar-refractivity contribution in [2.24, 2.45) is 5.10 Å². The van der Waals surface area contributed by atoms with E-state index in [-0.39, 0.29) is 0 Å². The van der Waals surface area contributed by atoms with Gasteiger partial charge in [-0.05, 0) is 29.8 Å². The summed E-state index contributed by atoms with van der Waals surface area (Å²) in [6.45, 7) is 0. The van der Waals surface area contributed by atoms with Crippen LogP contribution in [0.4, 0.5) is 5.95 Å². The van der Waals surface area contributed by atoms with Crippen LogP contribution >= 0.6 is 50.9 Å². The molecule has 6 nitrogen and oxygen atoms in total. The Balaban J connectivity index is 1.62. The minimum atomic E-state index is 0.322. The average molecular weight is 472 g/mol. The third kappa shape index (κ3) is 4.91. The number of rotatable bonds is 6. The van der Waals surface area contributed by atoms with Crippen molar-refractivity contribution in [3.8, 4) is 0 Å². The number of nitrogens with one attached hydrogen (secondary N) is 1. The lowest BCUT2D eigenvalue weighted by Gasteiger charge is -2.04. The van der Waals surface area contributed by atoms with Crippen LogP contribution in [0.1, 0.15) is 11.1 Å². The number of thioether (sulfide) groups is 1. The van der Waals surface area contributed by atoms with E-state index < -0.39 is 0 Å². The van der Waals surface area contributed by atoms with Crippen LogP contribution in [0.2, 0.25) is 10.0 Å². The largest absolute Gasteiger partial charge is 0.334 e. The first-order valence-corrected chi connectivity index (χ1v) is 9.88. The van der Waals surface area contributed by atoms with Crippen molar-refractivity contribution in [3.05, 3.63) is 68.1 Å². The van der Waals surface area contributed by atoms with Gasteiger partial charge in [-0.25, -0.2) is 10.1 Å². The second-order valence-electron chi connectivity index (χ2n) is 5.13. The van der Waals surface area contributed by atoms with Crippen molar-refractivity contribution in [2.75, 3.05) is 11.3 Å². The summed E-state index contributed by atoms with van der Waals surface area (Å²) in [5.41, 5.74) is 4.62. The Kier molecular flexibility index (Phi) is 6.42. The van der Waals surface area contributed by atoms with Gasteiger partial charge in [0, 0.05) is 20.8 Å². The quantitative estimate of drug-likeness (QED) is 0.233. The Morgan fingerprint density at radius 1 is 1.23 bits per heavy atom. The first kappa shape index (κ1) is 19.0. The van der Waals surface area contributed by atoms with E-state index in [0.29, 0.717) is 21.2 Å². The number of halogens is 3. The molecule has 10 heteroatoms. The Morgan fingerprint density at radius 2 is 2.08 bits per heavy atom. The number of hydrazone groups is 1. The predicted molar refractivity (Wildman–Crippen MR) is 112 cm³/mol. The third-order valence-electron chi connectivity index (χ3n) is 3.25. The van der Waals surface area contributed by atoms with Gasteiger partial charge in [-0.2, -0.15) is 5.10 Å². The lowest BCUT2D eigenvalue weighted by atomic mass is 10.2. The fourth-order valence-corrected chi connectivity index (χ4v) is 3.70. The zero-order valence-electron chi connectivity index (χ0n) is 13.2. The van der Waals surface area contributed by atoms with Crippen LogP contribution in [0.15, 0.2) is 57.2 Å². The van der Waals surface area contributed by atoms with Gasteiger partial charge in [0.2, 0.25) is 5.16 Å². The van der Waals surface area contributed by atoms with Crippen LogP contribution in [0.25, 0.3) is 0 Å². The molecule has 3 N–H and O–H groups in total. The molecule has 0 saturated carbocycles. The van der Waals surface area contributed by atoms with E-state index in [1.165, 1.54) is 16.4 Å². The highest BCUT2D eigenvalue weighted by atomic mass is 79.9. The van der Waals surface area contributed by atoms with E-state index in [4.69, 9.17) is 29.0 Å². The van der Waals surface area contributed by atoms with E-state index in [0.717, 1.165) is 21.4 Å². The maximum absolute atomic E-state index is 6.09. The molecule has 0 unspecified atom stereocenters. The number of aromatic nitrogens is 3. The molecule has 0 aliphatic heterocycles. The van der Waals surface area contributed by atoms with Gasteiger partial charge in [0.1, 0.15) is 0 Å². The molecule has 0 saturated heterocycles. The van der Waals surface area contributed by atoms with Gasteiger partial charge in [-0.3, -0.25) is 0 Å². The highest BCUT2D eigenvalue weighted by Gasteiger charge is 2.10. The summed E-state index contributed by atoms with van der Waals surface area (Å²) in [4.78, 5) is 0. The molecule has 1 heterocycles. The molecule has 0 aliphatic rings. The van der Waals surface area contributed by atoms with Crippen molar-refractivity contribution in [3.63, 3.8) is 0 Å². The average Bonchev–Trinajstić information content (AvgIpc) is 2.95. The summed E-state index contributed by atoms with van der Waals surface area (Å²) in [5.74, 6) is 7.05. The van der Waals surface area contributed by atoms with Crippen molar-refractivity contribution in [1.82, 2.24) is 14.9 Å². The Bertz CT molecular complexity index is 946. The lowest BCUT2D eigenvalue weighted by Crippen LogP contribution is -2.13. The fraction of sp³-hybridized carbons (Fsp3) is 0.0625. The van der Waals surface area contributed by atoms with Crippen LogP contribution < -0.4 is 11.3 Å². The number of benzene rings is 2. The lowest BCUT2D eigenvalue weighted by molar-refractivity contribution is 0.847. The van der Waals surface area contributed by atoms with Gasteiger partial charge in [-0.15, -0.1) is 10.2 Å². The predicted octanol–water partition coefficient (Wildman–Crippen LogP) is 4.80. The molecule has 0 bridgehead atoms. The van der Waals surface area contributed by atoms with Gasteiger partial charge < -0.3 is 5.84 Å². The number of nitrogens with two attached hydrogens (primary N) is 1. The molecule has 0 fully saturated rings. The fourth-order valence-electron chi connectivity index (χ4n) is 1.99. The van der Waals surface area contributed by atoms with E-state index >= 15 is 0 Å². The summed E-state index contributed by atoms with van der Waals surface area (Å²) in [6.07, 6.45) is 1.56. The van der Waals surface area contributed by atoms with Crippen LogP contribution in [0.5, 0.6) is 0 Å². The normalized spacial score (nSPS) is 11.2. The highest BCUT2D eigenvalue weighted by Crippen LogP contribution is 2.23. The molecular formula is C16H13BrCl2N6S. The summed E-state index contributed by atoms with van der Waals surface area (Å²) < 4.78 is 2.38. The van der Waals surface area contributed by atoms with E-state index in [1.807, 2.05) is 24.3 Å². The third-order valence-corrected chi connectivity index (χ3v) is 5.32. The van der Waals surface area contributed by atoms with Gasteiger partial charge in [0.15, 0.2) is 0 Å². The first-order valence-electron chi connectivity index (χ1n) is 7.35. The molecule has 0 aliphatic carbocycles. The first-order chi connectivity index (χ1) is 12.5. The number of nitrogen functional groups attached to an aromatic ring is 1. The van der Waals surface area contributed by atoms with Crippen LogP contribution in [-0.4, -0.2) is 21.1 Å². The molecule has 0 radical (unpaired) electrons. The highest BCUT2D eigenvalue weighted by molar-refractivity contribution is 9.10. The molecule has 0 atom stereocenters. The number of hydrogen-bond acceptors (Lipinski definition) is 6. The molecule has 0 amide bonds. The van der Waals surface area contributed by atoms with E-state index in [9.17, 15) is 0 Å². The van der Waals surface area contributed by atoms with E-state index in [1.54, 1.807) is 24.4 Å². The number of hydrogen-bond donors (Lipinski definition) is 2. The van der Waals surface area contributed by atoms with Gasteiger partial charge in [-0.1, -0.05) is 69.1 Å². The van der Waals surface area contributed by atoms with Crippen molar-refractivity contribution in [1.29, 1.82) is 0 Å². The number of nitrogens with zero attached hydrogens (tertiary/aromatic N) is 4. The SMILES string of the molecule is Nn1c(N/N=C/c2ccc(Cl)cc2Cl)nnc1SCc1cccc(Br)c1. The minimum Gasteiger partial charge on any atom is -0.334 e. The second-order valence-corrected chi connectivity index (χ2v) is 7.83. The molecule has 26 heavy (non-hydrogen) atoms. The van der Waals surface area contributed by atoms with Crippen molar-refractivity contribution >= 4 is 63.1 Å². The Morgan fingerprint density at radius 3 is 2.85 bits per heavy atom. The molecule has 2 aromatic carbocycles. The molecule has 1 aromatic heterocycles. The standard InChI is InChI=1S/C16H13BrCl2N6S/c17-12-3-1-2-10(6-12)9-26-16-24-23-15(25(16)20)22-21-8-11-4-5-13(18)7-14(11)19/h1-8H,9,20H2,(H,22,23)/b21-8+. The van der Waals surface area contributed by atoms with Crippen molar-refractivity contribution < 1.29 is 0 Å². The summed E-state index contributed by atoms with van der Waals surface area (Å²) >= 11 is 16.9. The van der Waals surface area contributed by atoms with E-state index in [2.05, 4.69) is 36.7 Å². The molecule has 0 spiro atoms. The van der Waals surface area contributed by atoms with Gasteiger partial charge in [0.25, 0.3) is 5.95 Å². The zero-order chi connectivity index (χ0) is 18.5. The maximum Gasteiger partial charge on any atom is 0.264 e. The maximum atomic E-state index is 6.09. The topological polar surface area (TPSA) is 81.1 Å². The molecule has 3 rings (SSSR count). The monoisotopic (exact) mass is 470 g/mol. The Hall–Kier alpha value is -1.74. The van der Waals surface area contributed by atoms with Gasteiger partial charge >= 0.3 is 0 Å². The molecule has 3 aromatic rings. The minimum absolute atomic E-state index is 0.322. The zero-order valence-corrected chi connectivity index (χ0v) is 17.1.